The molecule has 0 radical (unpaired) electrons. The number of halogens is 1. The van der Waals surface area contributed by atoms with Crippen molar-refractivity contribution in [1.82, 2.24) is 0 Å². The topological polar surface area (TPSA) is 29.1 Å². The van der Waals surface area contributed by atoms with Crippen LogP contribution < -0.4 is 5.32 Å². The van der Waals surface area contributed by atoms with Gasteiger partial charge in [0.2, 0.25) is 0 Å². The van der Waals surface area contributed by atoms with E-state index in [-0.39, 0.29) is 5.78 Å². The molecule has 2 aromatic carbocycles. The number of hydrogen-bond acceptors (Lipinski definition) is 2. The van der Waals surface area contributed by atoms with Gasteiger partial charge in [0.25, 0.3) is 0 Å². The van der Waals surface area contributed by atoms with E-state index >= 15 is 0 Å². The lowest BCUT2D eigenvalue weighted by Crippen LogP contribution is -1.95. The predicted molar refractivity (Wildman–Crippen MR) is 75.0 cm³/mol. The molecule has 0 bridgehead atoms. The first kappa shape index (κ1) is 12.4. The predicted octanol–water partition coefficient (Wildman–Crippen LogP) is 4.15. The molecule has 0 unspecified atom stereocenters. The molecule has 1 N–H and O–H groups in total. The minimum atomic E-state index is -0.0305. The first-order chi connectivity index (χ1) is 8.75. The molecule has 90 valence electrons. The fraction of sp³-hybridized carbons (Fsp3) is 0. The maximum atomic E-state index is 11.7. The van der Waals surface area contributed by atoms with Crippen LogP contribution in [0.2, 0.25) is 5.02 Å². The van der Waals surface area contributed by atoms with Crippen molar-refractivity contribution in [3.63, 3.8) is 0 Å². The van der Waals surface area contributed by atoms with Crippen LogP contribution in [0.25, 0.3) is 0 Å². The summed E-state index contributed by atoms with van der Waals surface area (Å²) in [5.41, 5.74) is 1.56. The summed E-state index contributed by atoms with van der Waals surface area (Å²) in [5, 5.41) is 3.70. The van der Waals surface area contributed by atoms with Crippen molar-refractivity contribution < 1.29 is 4.79 Å². The van der Waals surface area contributed by atoms with Gasteiger partial charge in [-0.05, 0) is 24.3 Å². The second kappa shape index (κ2) is 6.03. The number of ketones is 1. The van der Waals surface area contributed by atoms with E-state index in [1.807, 2.05) is 30.3 Å². The lowest BCUT2D eigenvalue weighted by Gasteiger charge is -2.00. The standard InChI is InChI=1S/C15H12ClNO/c16-13-6-8-14(9-7-13)17-11-10-15(18)12-4-2-1-3-5-12/h1-11,17H/b11-10-. The highest BCUT2D eigenvalue weighted by Crippen LogP contribution is 2.13. The Bertz CT molecular complexity index is 546. The van der Waals surface area contributed by atoms with Gasteiger partial charge in [0, 0.05) is 28.5 Å². The number of benzene rings is 2. The zero-order chi connectivity index (χ0) is 12.8. The number of carbonyl (C=O) groups is 1. The first-order valence-corrected chi connectivity index (χ1v) is 5.91. The van der Waals surface area contributed by atoms with E-state index < -0.39 is 0 Å². The summed E-state index contributed by atoms with van der Waals surface area (Å²) in [6.45, 7) is 0. The van der Waals surface area contributed by atoms with Crippen LogP contribution in [0.15, 0.2) is 66.9 Å². The molecule has 2 nitrogen and oxygen atoms in total. The number of carbonyl (C=O) groups excluding carboxylic acids is 1. The molecule has 0 aromatic heterocycles. The highest BCUT2D eigenvalue weighted by Gasteiger charge is 1.98. The van der Waals surface area contributed by atoms with E-state index in [0.717, 1.165) is 5.69 Å². The lowest BCUT2D eigenvalue weighted by molar-refractivity contribution is 0.104. The van der Waals surface area contributed by atoms with E-state index in [0.29, 0.717) is 10.6 Å². The van der Waals surface area contributed by atoms with Crippen LogP contribution in [0.3, 0.4) is 0 Å². The van der Waals surface area contributed by atoms with Gasteiger partial charge < -0.3 is 5.32 Å². The van der Waals surface area contributed by atoms with Crippen molar-refractivity contribution in [3.05, 3.63) is 77.5 Å². The van der Waals surface area contributed by atoms with Gasteiger partial charge in [-0.15, -0.1) is 0 Å². The Balaban J connectivity index is 1.96. The van der Waals surface area contributed by atoms with Gasteiger partial charge in [0.1, 0.15) is 0 Å². The third-order valence-electron chi connectivity index (χ3n) is 2.39. The molecular weight excluding hydrogens is 246 g/mol. The molecule has 0 amide bonds. The molecule has 0 atom stereocenters. The summed E-state index contributed by atoms with van der Waals surface area (Å²) in [4.78, 5) is 11.7. The Labute approximate surface area is 111 Å². The molecule has 18 heavy (non-hydrogen) atoms. The van der Waals surface area contributed by atoms with Crippen molar-refractivity contribution in [1.29, 1.82) is 0 Å². The third-order valence-corrected chi connectivity index (χ3v) is 2.64. The number of nitrogens with one attached hydrogen (secondary N) is 1. The fourth-order valence-electron chi connectivity index (χ4n) is 1.46. The van der Waals surface area contributed by atoms with Crippen LogP contribution in [0, 0.1) is 0 Å². The molecule has 3 heteroatoms. The first-order valence-electron chi connectivity index (χ1n) is 5.54. The quantitative estimate of drug-likeness (QED) is 0.659. The van der Waals surface area contributed by atoms with E-state index in [1.165, 1.54) is 6.08 Å². The maximum Gasteiger partial charge on any atom is 0.187 e. The van der Waals surface area contributed by atoms with Gasteiger partial charge in [-0.3, -0.25) is 4.79 Å². The molecule has 2 rings (SSSR count). The van der Waals surface area contributed by atoms with E-state index in [9.17, 15) is 4.79 Å². The average Bonchev–Trinajstić information content (AvgIpc) is 2.42. The minimum absolute atomic E-state index is 0.0305. The summed E-state index contributed by atoms with van der Waals surface area (Å²) in [6.07, 6.45) is 3.13. The van der Waals surface area contributed by atoms with Gasteiger partial charge in [0.05, 0.1) is 0 Å². The third kappa shape index (κ3) is 3.47. The molecule has 0 aliphatic carbocycles. The van der Waals surface area contributed by atoms with Crippen LogP contribution in [-0.2, 0) is 0 Å². The van der Waals surface area contributed by atoms with Crippen LogP contribution in [-0.4, -0.2) is 5.78 Å². The van der Waals surface area contributed by atoms with Crippen molar-refractivity contribution in [2.75, 3.05) is 5.32 Å². The van der Waals surface area contributed by atoms with Gasteiger partial charge in [0.15, 0.2) is 5.78 Å². The van der Waals surface area contributed by atoms with Gasteiger partial charge in [-0.1, -0.05) is 41.9 Å². The van der Waals surface area contributed by atoms with Crippen molar-refractivity contribution >= 4 is 23.1 Å². The Kier molecular flexibility index (Phi) is 4.15. The van der Waals surface area contributed by atoms with Crippen molar-refractivity contribution in [3.8, 4) is 0 Å². The summed E-state index contributed by atoms with van der Waals surface area (Å²) < 4.78 is 0. The fourth-order valence-corrected chi connectivity index (χ4v) is 1.58. The summed E-state index contributed by atoms with van der Waals surface area (Å²) in [5.74, 6) is -0.0305. The number of hydrogen-bond donors (Lipinski definition) is 1. The highest BCUT2D eigenvalue weighted by atomic mass is 35.5. The molecule has 0 spiro atoms. The van der Waals surface area contributed by atoms with E-state index in [2.05, 4.69) is 5.32 Å². The van der Waals surface area contributed by atoms with Crippen LogP contribution in [0.4, 0.5) is 5.69 Å². The SMILES string of the molecule is O=C(/C=C\Nc1ccc(Cl)cc1)c1ccccc1. The minimum Gasteiger partial charge on any atom is -0.362 e. The molecule has 0 aliphatic rings. The monoisotopic (exact) mass is 257 g/mol. The van der Waals surface area contributed by atoms with Crippen LogP contribution >= 0.6 is 11.6 Å². The molecule has 0 fully saturated rings. The number of rotatable bonds is 4. The molecule has 0 saturated heterocycles. The summed E-state index contributed by atoms with van der Waals surface area (Å²) >= 11 is 5.78. The molecular formula is C15H12ClNO. The number of anilines is 1. The van der Waals surface area contributed by atoms with E-state index in [1.54, 1.807) is 30.5 Å². The van der Waals surface area contributed by atoms with Crippen LogP contribution in [0.5, 0.6) is 0 Å². The Morgan fingerprint density at radius 3 is 2.33 bits per heavy atom. The molecule has 0 heterocycles. The Morgan fingerprint density at radius 2 is 1.67 bits per heavy atom. The van der Waals surface area contributed by atoms with Gasteiger partial charge in [-0.25, -0.2) is 0 Å². The van der Waals surface area contributed by atoms with Crippen LogP contribution in [0.1, 0.15) is 10.4 Å². The summed E-state index contributed by atoms with van der Waals surface area (Å²) in [6, 6.07) is 16.4. The average molecular weight is 258 g/mol. The van der Waals surface area contributed by atoms with Crippen molar-refractivity contribution in [2.24, 2.45) is 0 Å². The van der Waals surface area contributed by atoms with Crippen molar-refractivity contribution in [2.45, 2.75) is 0 Å². The molecule has 0 saturated carbocycles. The Morgan fingerprint density at radius 1 is 1.00 bits per heavy atom. The zero-order valence-electron chi connectivity index (χ0n) is 9.64. The van der Waals surface area contributed by atoms with Gasteiger partial charge >= 0.3 is 0 Å². The number of allylic oxidation sites excluding steroid dienone is 1. The molecule has 0 aliphatic heterocycles. The zero-order valence-corrected chi connectivity index (χ0v) is 10.4. The lowest BCUT2D eigenvalue weighted by atomic mass is 10.1. The smallest absolute Gasteiger partial charge is 0.187 e. The highest BCUT2D eigenvalue weighted by molar-refractivity contribution is 6.30. The second-order valence-electron chi connectivity index (χ2n) is 3.71. The summed E-state index contributed by atoms with van der Waals surface area (Å²) in [7, 11) is 0. The normalized spacial score (nSPS) is 10.5. The Hall–Kier alpha value is -2.06. The van der Waals surface area contributed by atoms with Gasteiger partial charge in [-0.2, -0.15) is 0 Å². The molecule has 2 aromatic rings. The second-order valence-corrected chi connectivity index (χ2v) is 4.15. The largest absolute Gasteiger partial charge is 0.362 e. The van der Waals surface area contributed by atoms with E-state index in [4.69, 9.17) is 11.6 Å². The maximum absolute atomic E-state index is 11.7.